The van der Waals surface area contributed by atoms with E-state index < -0.39 is 17.9 Å². The highest BCUT2D eigenvalue weighted by atomic mass is 35.5. The van der Waals surface area contributed by atoms with Gasteiger partial charge in [0.2, 0.25) is 5.91 Å². The number of benzene rings is 4. The summed E-state index contributed by atoms with van der Waals surface area (Å²) in [5, 5.41) is 76.5. The van der Waals surface area contributed by atoms with Crippen LogP contribution in [-0.2, 0) is 63.8 Å². The van der Waals surface area contributed by atoms with Crippen LogP contribution in [0.5, 0.6) is 0 Å². The van der Waals surface area contributed by atoms with Crippen molar-refractivity contribution in [2.75, 3.05) is 118 Å². The number of carboxylic acids is 3. The summed E-state index contributed by atoms with van der Waals surface area (Å²) in [5.41, 5.74) is 5.19. The molecule has 4 fully saturated rings. The van der Waals surface area contributed by atoms with Crippen molar-refractivity contribution in [3.63, 3.8) is 0 Å². The molecule has 8 heterocycles. The minimum atomic E-state index is -1.26. The molecule has 0 atom stereocenters. The van der Waals surface area contributed by atoms with Gasteiger partial charge < -0.3 is 64.9 Å². The van der Waals surface area contributed by atoms with E-state index in [1.165, 1.54) is 62.6 Å². The lowest BCUT2D eigenvalue weighted by atomic mass is 10.1. The predicted octanol–water partition coefficient (Wildman–Crippen LogP) is 9.13. The van der Waals surface area contributed by atoms with Gasteiger partial charge in [-0.1, -0.05) is 48.5 Å². The van der Waals surface area contributed by atoms with Crippen molar-refractivity contribution >= 4 is 122 Å². The highest BCUT2D eigenvalue weighted by Crippen LogP contribution is 2.25. The van der Waals surface area contributed by atoms with E-state index >= 15 is 0 Å². The number of nitrogens with zero attached hydrogens (tertiary/aromatic N) is 3. The highest BCUT2D eigenvalue weighted by molar-refractivity contribution is 7.18. The third-order valence-electron chi connectivity index (χ3n) is 14.9. The first-order chi connectivity index (χ1) is 44.1. The summed E-state index contributed by atoms with van der Waals surface area (Å²) in [4.78, 5) is 47.2. The number of aliphatic hydroxyl groups excluding tert-OH is 4. The Kier molecular flexibility index (Phi) is 34.2. The molecule has 0 bridgehead atoms. The van der Waals surface area contributed by atoms with Gasteiger partial charge in [0.25, 0.3) is 0 Å². The molecule has 8 N–H and O–H groups in total. The number of hydrogen-bond acceptors (Lipinski definition) is 19. The monoisotopic (exact) mass is 1360 g/mol. The van der Waals surface area contributed by atoms with Crippen LogP contribution in [0.2, 0.25) is 0 Å². The molecule has 24 heteroatoms. The number of thiophene rings is 4. The van der Waals surface area contributed by atoms with Crippen LogP contribution < -0.4 is 5.32 Å². The lowest BCUT2D eigenvalue weighted by molar-refractivity contribution is -0.142. The number of β-amino-alcohol motifs (C(OH)–C–C–N with tert-alkyl or cyclic N) is 4. The van der Waals surface area contributed by atoms with E-state index in [4.69, 9.17) is 44.5 Å². The maximum absolute atomic E-state index is 11.7. The number of carbonyl (C=O) groups excluding carboxylic acids is 1. The number of carbonyl (C=O) groups is 4. The van der Waals surface area contributed by atoms with Gasteiger partial charge in [0, 0.05) is 110 Å². The molecule has 4 aromatic carbocycles. The summed E-state index contributed by atoms with van der Waals surface area (Å²) in [6.45, 7) is 13.1. The molecule has 4 saturated heterocycles. The van der Waals surface area contributed by atoms with E-state index in [2.05, 4.69) is 134 Å². The number of fused-ring (bicyclic) bond motifs is 4. The number of likely N-dealkylation sites (tertiary alicyclic amines) is 3. The first-order valence-electron chi connectivity index (χ1n) is 30.8. The van der Waals surface area contributed by atoms with Gasteiger partial charge in [0.1, 0.15) is 0 Å². The molecule has 4 aliphatic heterocycles. The van der Waals surface area contributed by atoms with Crippen molar-refractivity contribution in [1.82, 2.24) is 20.0 Å². The van der Waals surface area contributed by atoms with Crippen molar-refractivity contribution in [2.24, 2.45) is 0 Å². The molecule has 1 amide bonds. The molecular formula is C68H87ClN4O15S4. The van der Waals surface area contributed by atoms with Gasteiger partial charge in [-0.25, -0.2) is 9.59 Å². The second-order valence-electron chi connectivity index (χ2n) is 22.3. The fraction of sp³-hybridized carbons (Fsp3) is 0.441. The molecule has 8 aromatic rings. The molecule has 4 aromatic heterocycles. The first-order valence-corrected chi connectivity index (χ1v) is 34.3. The van der Waals surface area contributed by atoms with E-state index in [0.29, 0.717) is 51.5 Å². The number of aliphatic hydroxyl groups is 4. The average molecular weight is 1360 g/mol. The van der Waals surface area contributed by atoms with Crippen LogP contribution in [0.25, 0.3) is 40.3 Å². The maximum Gasteiger partial charge on any atom is 0.328 e. The van der Waals surface area contributed by atoms with Gasteiger partial charge in [-0.05, 0) is 152 Å². The fourth-order valence-corrected chi connectivity index (χ4v) is 12.7. The van der Waals surface area contributed by atoms with Gasteiger partial charge >= 0.3 is 17.9 Å². The minimum Gasteiger partial charge on any atom is -0.481 e. The summed E-state index contributed by atoms with van der Waals surface area (Å²) < 4.78 is 27.5. The summed E-state index contributed by atoms with van der Waals surface area (Å²) in [6, 6.07) is 34.7. The van der Waals surface area contributed by atoms with E-state index in [0.717, 1.165) is 117 Å². The SMILES string of the molecule is Cl.O=C(CCOCCc1ccc2sccc2c1)N1CC(O)C1.O=C(O)/C=C/C(=O)O.O=C(O)CCOCCc1ccc2sccc2c1.OC1CN(CCCOCCc2ccc3sccc3c2)C1.OC1CN(CCCOCCc2ccc3sccc3c2)C1.OC1CNC1. The molecular weight excluding hydrogens is 1280 g/mol. The van der Waals surface area contributed by atoms with Crippen LogP contribution in [0.4, 0.5) is 0 Å². The van der Waals surface area contributed by atoms with Crippen molar-refractivity contribution in [3.05, 3.63) is 153 Å². The number of hydrogen-bond donors (Lipinski definition) is 8. The van der Waals surface area contributed by atoms with E-state index in [-0.39, 0.29) is 55.8 Å². The standard InChI is InChI=1S/C16H19NO3S.2C16H21NO2S.C13H14O3S.C4H4O4.C3H7NO.ClH/c18-14-10-17(11-14)16(19)4-7-20-6-3-12-1-2-15-13(9-12)5-8-21-15;2*18-15-11-17(12-15)6-1-7-19-8-4-13-2-3-16-14(10-13)5-9-20-16;14-13(15)4-7-16-6-3-10-1-2-12-11(9-10)5-8-17-12;5-3(6)1-2-4(7)8;5-3-1-4-2-3;/h1-2,5,8-9,14,18H,3-4,6-7,10-11H2;2*2-3,5,9-10,15,18H,1,4,6-8,11-12H2;1-2,5,8-9H,3-4,6-7H2,(H,14,15);1-2H,(H,5,6)(H,7,8);3-5H,1-2H2;1H/b;;;;2-1+;;. The Morgan fingerprint density at radius 2 is 0.750 bits per heavy atom. The number of ether oxygens (including phenoxy) is 4. The van der Waals surface area contributed by atoms with Crippen LogP contribution in [0.3, 0.4) is 0 Å². The molecule has 92 heavy (non-hydrogen) atoms. The van der Waals surface area contributed by atoms with Gasteiger partial charge in [-0.3, -0.25) is 19.4 Å². The Bertz CT molecular complexity index is 3350. The number of amides is 1. The smallest absolute Gasteiger partial charge is 0.328 e. The van der Waals surface area contributed by atoms with Gasteiger partial charge in [0.05, 0.1) is 76.9 Å². The normalized spacial score (nSPS) is 15.0. The Morgan fingerprint density at radius 1 is 0.435 bits per heavy atom. The zero-order chi connectivity index (χ0) is 64.6. The van der Waals surface area contributed by atoms with Crippen LogP contribution >= 0.6 is 57.8 Å². The number of rotatable bonds is 28. The number of halogens is 1. The molecule has 19 nitrogen and oxygen atoms in total. The van der Waals surface area contributed by atoms with Crippen LogP contribution in [-0.4, -0.2) is 217 Å². The quantitative estimate of drug-likeness (QED) is 0.0168. The molecule has 4 aliphatic rings. The summed E-state index contributed by atoms with van der Waals surface area (Å²) >= 11 is 7.06. The zero-order valence-electron chi connectivity index (χ0n) is 51.7. The predicted molar refractivity (Wildman–Crippen MR) is 370 cm³/mol. The Balaban J connectivity index is 0.000000182. The van der Waals surface area contributed by atoms with E-state index in [9.17, 15) is 29.4 Å². The van der Waals surface area contributed by atoms with Gasteiger partial charge in [-0.15, -0.1) is 57.8 Å². The van der Waals surface area contributed by atoms with Crippen LogP contribution in [0.15, 0.2) is 131 Å². The highest BCUT2D eigenvalue weighted by Gasteiger charge is 2.28. The second kappa shape index (κ2) is 41.8. The Labute approximate surface area is 559 Å². The van der Waals surface area contributed by atoms with Crippen LogP contribution in [0, 0.1) is 0 Å². The van der Waals surface area contributed by atoms with E-state index in [1.807, 2.05) is 0 Å². The Morgan fingerprint density at radius 3 is 1.03 bits per heavy atom. The minimum absolute atomic E-state index is 0. The fourth-order valence-electron chi connectivity index (χ4n) is 9.64. The molecule has 500 valence electrons. The van der Waals surface area contributed by atoms with Crippen molar-refractivity contribution < 1.29 is 73.9 Å². The number of carboxylic acid groups (broad SMARTS) is 3. The van der Waals surface area contributed by atoms with Gasteiger partial charge in [-0.2, -0.15) is 0 Å². The Hall–Kier alpha value is -5.81. The van der Waals surface area contributed by atoms with Crippen molar-refractivity contribution in [3.8, 4) is 0 Å². The topological polar surface area (TPSA) is 269 Å². The molecule has 12 rings (SSSR count). The molecule has 0 aliphatic carbocycles. The largest absolute Gasteiger partial charge is 0.481 e. The van der Waals surface area contributed by atoms with Gasteiger partial charge in [0.15, 0.2) is 0 Å². The zero-order valence-corrected chi connectivity index (χ0v) is 55.8. The molecule has 0 saturated carbocycles. The van der Waals surface area contributed by atoms with Crippen molar-refractivity contribution in [2.45, 2.75) is 75.8 Å². The average Bonchev–Trinajstić information content (AvgIpc) is 2.07. The number of aliphatic carboxylic acids is 3. The third kappa shape index (κ3) is 28.4. The lowest BCUT2D eigenvalue weighted by Crippen LogP contribution is -2.53. The van der Waals surface area contributed by atoms with Crippen molar-refractivity contribution in [1.29, 1.82) is 0 Å². The summed E-state index contributed by atoms with van der Waals surface area (Å²) in [6.07, 6.45) is 6.77. The number of nitrogens with one attached hydrogen (secondary N) is 1. The molecule has 0 unspecified atom stereocenters. The molecule has 0 radical (unpaired) electrons. The summed E-state index contributed by atoms with van der Waals surface area (Å²) in [7, 11) is 0. The van der Waals surface area contributed by atoms with Crippen LogP contribution in [0.1, 0.15) is 47.9 Å². The van der Waals surface area contributed by atoms with E-state index in [1.54, 1.807) is 50.2 Å². The maximum atomic E-state index is 11.7. The third-order valence-corrected chi connectivity index (χ3v) is 18.5. The second-order valence-corrected chi connectivity index (χ2v) is 26.1. The molecule has 0 spiro atoms. The summed E-state index contributed by atoms with van der Waals surface area (Å²) in [5.74, 6) is -3.26. The first kappa shape index (κ1) is 75.2. The lowest BCUT2D eigenvalue weighted by Gasteiger charge is -2.35.